The zero-order chi connectivity index (χ0) is 18.8. The predicted molar refractivity (Wildman–Crippen MR) is 102 cm³/mol. The smallest absolute Gasteiger partial charge is 0.147 e. The lowest BCUT2D eigenvalue weighted by molar-refractivity contribution is 0.191. The Morgan fingerprint density at radius 2 is 1.88 bits per heavy atom. The summed E-state index contributed by atoms with van der Waals surface area (Å²) in [6.07, 6.45) is 5.48. The third kappa shape index (κ3) is 5.13. The molecule has 0 aliphatic heterocycles. The van der Waals surface area contributed by atoms with Gasteiger partial charge in [-0.2, -0.15) is 0 Å². The van der Waals surface area contributed by atoms with Crippen LogP contribution in [0.25, 0.3) is 0 Å². The zero-order valence-corrected chi connectivity index (χ0v) is 16.6. The average molecular weight is 369 g/mol. The van der Waals surface area contributed by atoms with Crippen molar-refractivity contribution in [1.82, 2.24) is 0 Å². The molecule has 5 heteroatoms. The van der Waals surface area contributed by atoms with Gasteiger partial charge in [0.05, 0.1) is 5.75 Å². The Morgan fingerprint density at radius 3 is 2.48 bits per heavy atom. The van der Waals surface area contributed by atoms with Crippen molar-refractivity contribution in [3.63, 3.8) is 0 Å². The summed E-state index contributed by atoms with van der Waals surface area (Å²) in [6.45, 7) is 6.64. The van der Waals surface area contributed by atoms with Gasteiger partial charge in [-0.3, -0.25) is 0 Å². The van der Waals surface area contributed by atoms with E-state index >= 15 is 0 Å². The van der Waals surface area contributed by atoms with E-state index in [-0.39, 0.29) is 23.2 Å². The van der Waals surface area contributed by atoms with Gasteiger partial charge in [-0.1, -0.05) is 33.3 Å². The number of aromatic hydroxyl groups is 2. The second-order valence-corrected chi connectivity index (χ2v) is 10.4. The topological polar surface area (TPSA) is 74.6 Å². The van der Waals surface area contributed by atoms with E-state index in [0.717, 1.165) is 18.4 Å². The minimum Gasteiger partial charge on any atom is -0.508 e. The zero-order valence-electron chi connectivity index (χ0n) is 15.8. The Labute approximate surface area is 152 Å². The molecular formula is C20H32O4S. The molecule has 0 bridgehead atoms. The van der Waals surface area contributed by atoms with Crippen molar-refractivity contribution >= 4 is 9.84 Å². The monoisotopic (exact) mass is 368 g/mol. The molecule has 3 atom stereocenters. The Morgan fingerprint density at radius 1 is 1.20 bits per heavy atom. The van der Waals surface area contributed by atoms with Crippen LogP contribution in [0.2, 0.25) is 0 Å². The highest BCUT2D eigenvalue weighted by atomic mass is 32.2. The molecule has 0 radical (unpaired) electrons. The van der Waals surface area contributed by atoms with Gasteiger partial charge < -0.3 is 10.2 Å². The van der Waals surface area contributed by atoms with Crippen molar-refractivity contribution in [3.05, 3.63) is 23.3 Å². The highest BCUT2D eigenvalue weighted by Crippen LogP contribution is 2.49. The molecule has 1 fully saturated rings. The summed E-state index contributed by atoms with van der Waals surface area (Å²) in [4.78, 5) is 0. The number of aryl methyl sites for hydroxylation is 1. The van der Waals surface area contributed by atoms with Crippen LogP contribution in [0.15, 0.2) is 12.1 Å². The molecule has 2 rings (SSSR count). The molecule has 1 aromatic carbocycles. The van der Waals surface area contributed by atoms with Crippen LogP contribution in [0.5, 0.6) is 11.5 Å². The summed E-state index contributed by atoms with van der Waals surface area (Å²) in [5.41, 5.74) is 1.40. The average Bonchev–Trinajstić information content (AvgIpc) is 2.48. The number of hydrogen-bond acceptors (Lipinski definition) is 4. The van der Waals surface area contributed by atoms with Crippen molar-refractivity contribution in [1.29, 1.82) is 0 Å². The Balaban J connectivity index is 2.31. The largest absolute Gasteiger partial charge is 0.508 e. The molecule has 4 nitrogen and oxygen atoms in total. The molecule has 2 N–H and O–H groups in total. The van der Waals surface area contributed by atoms with Crippen molar-refractivity contribution in [3.8, 4) is 11.5 Å². The summed E-state index contributed by atoms with van der Waals surface area (Å²) in [7, 11) is -3.00. The molecule has 0 heterocycles. The number of sulfone groups is 1. The van der Waals surface area contributed by atoms with Crippen molar-refractivity contribution in [2.45, 2.75) is 58.8 Å². The molecular weight excluding hydrogens is 336 g/mol. The third-order valence-electron chi connectivity index (χ3n) is 5.63. The van der Waals surface area contributed by atoms with Crippen LogP contribution in [-0.2, 0) is 16.3 Å². The second-order valence-electron chi connectivity index (χ2n) is 8.17. The summed E-state index contributed by atoms with van der Waals surface area (Å²) in [5.74, 6) is 2.10. The number of phenolic OH excluding ortho intramolecular Hbond substituents is 2. The minimum absolute atomic E-state index is 0.109. The first-order chi connectivity index (χ1) is 11.6. The van der Waals surface area contributed by atoms with Gasteiger partial charge in [0.2, 0.25) is 0 Å². The van der Waals surface area contributed by atoms with E-state index in [1.807, 2.05) is 0 Å². The first kappa shape index (κ1) is 20.1. The van der Waals surface area contributed by atoms with Gasteiger partial charge in [-0.25, -0.2) is 8.42 Å². The summed E-state index contributed by atoms with van der Waals surface area (Å²) < 4.78 is 22.7. The van der Waals surface area contributed by atoms with E-state index in [4.69, 9.17) is 0 Å². The van der Waals surface area contributed by atoms with E-state index in [9.17, 15) is 18.6 Å². The fraction of sp³-hybridized carbons (Fsp3) is 0.700. The van der Waals surface area contributed by atoms with E-state index < -0.39 is 9.84 Å². The molecule has 1 aliphatic carbocycles. The normalized spacial score (nSPS) is 24.6. The molecule has 1 aliphatic rings. The molecule has 25 heavy (non-hydrogen) atoms. The van der Waals surface area contributed by atoms with E-state index in [1.54, 1.807) is 12.1 Å². The first-order valence-electron chi connectivity index (χ1n) is 9.31. The van der Waals surface area contributed by atoms with E-state index in [2.05, 4.69) is 20.8 Å². The Bertz CT molecular complexity index is 694. The van der Waals surface area contributed by atoms with Crippen LogP contribution in [0.3, 0.4) is 0 Å². The van der Waals surface area contributed by atoms with Crippen LogP contribution >= 0.6 is 0 Å². The SMILES string of the molecule is CC1CC[C@@H](C(C)C)[C@H](c2c(O)ccc(CCCS(C)(=O)=O)c2O)C1. The Kier molecular flexibility index (Phi) is 6.41. The van der Waals surface area contributed by atoms with Gasteiger partial charge >= 0.3 is 0 Å². The highest BCUT2D eigenvalue weighted by Gasteiger charge is 2.35. The number of phenols is 2. The van der Waals surface area contributed by atoms with Gasteiger partial charge in [0.1, 0.15) is 21.3 Å². The lowest BCUT2D eigenvalue weighted by atomic mass is 9.67. The molecule has 0 saturated heterocycles. The maximum absolute atomic E-state index is 11.3. The van der Waals surface area contributed by atoms with Crippen LogP contribution in [0.4, 0.5) is 0 Å². The quantitative estimate of drug-likeness (QED) is 0.787. The fourth-order valence-corrected chi connectivity index (χ4v) is 4.94. The van der Waals surface area contributed by atoms with Crippen molar-refractivity contribution in [2.75, 3.05) is 12.0 Å². The lowest BCUT2D eigenvalue weighted by Gasteiger charge is -2.38. The molecule has 1 unspecified atom stereocenters. The van der Waals surface area contributed by atoms with E-state index in [1.165, 1.54) is 12.7 Å². The molecule has 1 aromatic rings. The molecule has 0 aromatic heterocycles. The van der Waals surface area contributed by atoms with Crippen molar-refractivity contribution in [2.24, 2.45) is 17.8 Å². The second kappa shape index (κ2) is 7.98. The molecule has 0 spiro atoms. The van der Waals surface area contributed by atoms with Gasteiger partial charge in [0, 0.05) is 11.8 Å². The molecule has 1 saturated carbocycles. The summed E-state index contributed by atoms with van der Waals surface area (Å²) in [6, 6.07) is 3.37. The summed E-state index contributed by atoms with van der Waals surface area (Å²) >= 11 is 0. The first-order valence-corrected chi connectivity index (χ1v) is 11.4. The minimum atomic E-state index is -3.00. The number of benzene rings is 1. The van der Waals surface area contributed by atoms with Crippen LogP contribution < -0.4 is 0 Å². The molecule has 142 valence electrons. The van der Waals surface area contributed by atoms with E-state index in [0.29, 0.717) is 36.2 Å². The standard InChI is InChI=1S/C20H32O4S/c1-13(2)16-9-7-14(3)12-17(16)19-18(21)10-8-15(20(19)22)6-5-11-25(4,23)24/h8,10,13-14,16-17,21-22H,5-7,9,11-12H2,1-4H3/t14?,16-,17+/m0/s1. The van der Waals surface area contributed by atoms with Crippen LogP contribution in [0, 0.1) is 17.8 Å². The van der Waals surface area contributed by atoms with Gasteiger partial charge in [0.25, 0.3) is 0 Å². The van der Waals surface area contributed by atoms with Crippen LogP contribution in [0.1, 0.15) is 63.5 Å². The predicted octanol–water partition coefficient (Wildman–Crippen LogP) is 4.25. The highest BCUT2D eigenvalue weighted by molar-refractivity contribution is 7.90. The molecule has 0 amide bonds. The van der Waals surface area contributed by atoms with Gasteiger partial charge in [-0.15, -0.1) is 0 Å². The van der Waals surface area contributed by atoms with Crippen LogP contribution in [-0.4, -0.2) is 30.6 Å². The maximum Gasteiger partial charge on any atom is 0.147 e. The maximum atomic E-state index is 11.3. The Hall–Kier alpha value is -1.23. The van der Waals surface area contributed by atoms with Gasteiger partial charge in [0.15, 0.2) is 0 Å². The number of rotatable bonds is 6. The third-order valence-corrected chi connectivity index (χ3v) is 6.66. The lowest BCUT2D eigenvalue weighted by Crippen LogP contribution is -2.26. The fourth-order valence-electron chi connectivity index (χ4n) is 4.27. The van der Waals surface area contributed by atoms with Crippen molar-refractivity contribution < 1.29 is 18.6 Å². The van der Waals surface area contributed by atoms with Gasteiger partial charge in [-0.05, 0) is 61.0 Å². The number of hydrogen-bond donors (Lipinski definition) is 2. The summed E-state index contributed by atoms with van der Waals surface area (Å²) in [5, 5.41) is 21.3.